The number of hydrogen-bond acceptors (Lipinski definition) is 2. The largest absolute Gasteiger partial charge is 0.348 e. The second-order valence-electron chi connectivity index (χ2n) is 2.66. The Morgan fingerprint density at radius 3 is 2.92 bits per heavy atom. The van der Waals surface area contributed by atoms with E-state index < -0.39 is 0 Å². The monoisotopic (exact) mass is 179 g/mol. The summed E-state index contributed by atoms with van der Waals surface area (Å²) in [5, 5.41) is 9.18. The van der Waals surface area contributed by atoms with Gasteiger partial charge in [-0.3, -0.25) is 0 Å². The zero-order valence-corrected chi connectivity index (χ0v) is 6.95. The summed E-state index contributed by atoms with van der Waals surface area (Å²) in [6.07, 6.45) is -0.336. The van der Waals surface area contributed by atoms with Crippen LogP contribution >= 0.6 is 11.6 Å². The van der Waals surface area contributed by atoms with E-state index in [1.165, 1.54) is 0 Å². The van der Waals surface area contributed by atoms with Gasteiger partial charge in [-0.05, 0) is 17.7 Å². The van der Waals surface area contributed by atoms with Crippen LogP contribution in [0, 0.1) is 11.3 Å². The number of epoxide rings is 1. The van der Waals surface area contributed by atoms with Crippen molar-refractivity contribution < 1.29 is 4.74 Å². The second-order valence-corrected chi connectivity index (χ2v) is 3.10. The van der Waals surface area contributed by atoms with Crippen molar-refractivity contribution >= 4 is 11.6 Å². The highest BCUT2D eigenvalue weighted by Gasteiger charge is 2.40. The summed E-state index contributed by atoms with van der Waals surface area (Å²) < 4.78 is 5.09. The average Bonchev–Trinajstić information content (AvgIpc) is 2.83. The Balaban J connectivity index is 2.21. The smallest absolute Gasteiger partial charge is 0.175 e. The highest BCUT2D eigenvalue weighted by Crippen LogP contribution is 2.38. The Morgan fingerprint density at radius 2 is 2.33 bits per heavy atom. The molecule has 0 aliphatic carbocycles. The molecular formula is C9H6ClNO. The number of benzene rings is 1. The lowest BCUT2D eigenvalue weighted by atomic mass is 10.1. The fraction of sp³-hybridized carbons (Fsp3) is 0.222. The molecule has 1 heterocycles. The van der Waals surface area contributed by atoms with Crippen LogP contribution in [0.5, 0.6) is 0 Å². The van der Waals surface area contributed by atoms with Gasteiger partial charge in [-0.2, -0.15) is 5.26 Å². The molecule has 0 amide bonds. The van der Waals surface area contributed by atoms with Crippen LogP contribution in [0.25, 0.3) is 0 Å². The summed E-state index contributed by atoms with van der Waals surface area (Å²) in [4.78, 5) is 0. The molecule has 1 saturated heterocycles. The van der Waals surface area contributed by atoms with Gasteiger partial charge in [0.2, 0.25) is 0 Å². The molecule has 1 aromatic rings. The van der Waals surface area contributed by atoms with Gasteiger partial charge in [0.05, 0.1) is 6.07 Å². The minimum Gasteiger partial charge on any atom is -0.348 e. The van der Waals surface area contributed by atoms with E-state index >= 15 is 0 Å². The lowest BCUT2D eigenvalue weighted by Crippen LogP contribution is -1.83. The molecule has 0 spiro atoms. The molecule has 1 aromatic carbocycles. The molecule has 0 radical (unpaired) electrons. The molecule has 1 aliphatic heterocycles. The molecule has 0 saturated carbocycles. The standard InChI is InChI=1S/C9H6ClNO/c10-7-3-1-2-6(4-7)9-8(5-11)12-9/h1-4,8-9H/t8-,9-/m1/s1. The number of ether oxygens (including phenoxy) is 1. The van der Waals surface area contributed by atoms with Crippen molar-refractivity contribution in [2.75, 3.05) is 0 Å². The summed E-state index contributed by atoms with van der Waals surface area (Å²) >= 11 is 5.77. The van der Waals surface area contributed by atoms with E-state index in [0.717, 1.165) is 5.56 Å². The van der Waals surface area contributed by atoms with Gasteiger partial charge in [0.1, 0.15) is 6.10 Å². The summed E-state index contributed by atoms with van der Waals surface area (Å²) in [5.41, 5.74) is 0.981. The molecule has 2 rings (SSSR count). The number of halogens is 1. The first kappa shape index (κ1) is 7.60. The molecular weight excluding hydrogens is 174 g/mol. The van der Waals surface area contributed by atoms with Crippen molar-refractivity contribution in [2.45, 2.75) is 12.2 Å². The molecule has 0 aromatic heterocycles. The molecule has 0 unspecified atom stereocenters. The maximum Gasteiger partial charge on any atom is 0.175 e. The van der Waals surface area contributed by atoms with Gasteiger partial charge in [0.15, 0.2) is 6.10 Å². The van der Waals surface area contributed by atoms with E-state index in [1.54, 1.807) is 6.07 Å². The third kappa shape index (κ3) is 1.29. The second kappa shape index (κ2) is 2.78. The first-order chi connectivity index (χ1) is 5.81. The van der Waals surface area contributed by atoms with Crippen LogP contribution in [0.15, 0.2) is 24.3 Å². The van der Waals surface area contributed by atoms with Crippen LogP contribution in [0.4, 0.5) is 0 Å². The van der Waals surface area contributed by atoms with Gasteiger partial charge in [-0.25, -0.2) is 0 Å². The molecule has 1 fully saturated rings. The van der Waals surface area contributed by atoms with Crippen LogP contribution in [0.2, 0.25) is 5.02 Å². The van der Waals surface area contributed by atoms with Crippen LogP contribution in [-0.2, 0) is 4.74 Å². The Labute approximate surface area is 75.3 Å². The van der Waals surface area contributed by atoms with Gasteiger partial charge in [-0.15, -0.1) is 0 Å². The first-order valence-electron chi connectivity index (χ1n) is 3.62. The molecule has 0 N–H and O–H groups in total. The van der Waals surface area contributed by atoms with Crippen molar-refractivity contribution in [3.05, 3.63) is 34.9 Å². The predicted molar refractivity (Wildman–Crippen MR) is 44.7 cm³/mol. The Bertz CT molecular complexity index is 345. The number of hydrogen-bond donors (Lipinski definition) is 0. The van der Waals surface area contributed by atoms with Gasteiger partial charge in [-0.1, -0.05) is 23.7 Å². The van der Waals surface area contributed by atoms with E-state index in [2.05, 4.69) is 0 Å². The van der Waals surface area contributed by atoms with E-state index in [0.29, 0.717) is 5.02 Å². The Hall–Kier alpha value is -1.04. The van der Waals surface area contributed by atoms with Gasteiger partial charge in [0, 0.05) is 5.02 Å². The maximum absolute atomic E-state index is 8.50. The summed E-state index contributed by atoms with van der Waals surface area (Å²) in [6.45, 7) is 0. The molecule has 1 aliphatic rings. The maximum atomic E-state index is 8.50. The highest BCUT2D eigenvalue weighted by molar-refractivity contribution is 6.30. The number of nitrogens with zero attached hydrogens (tertiary/aromatic N) is 1. The quantitative estimate of drug-likeness (QED) is 0.621. The summed E-state index contributed by atoms with van der Waals surface area (Å²) in [5.74, 6) is 0. The lowest BCUT2D eigenvalue weighted by molar-refractivity contribution is 0.396. The Morgan fingerprint density at radius 1 is 1.50 bits per heavy atom. The molecule has 2 atom stereocenters. The van der Waals surface area contributed by atoms with E-state index in [-0.39, 0.29) is 12.2 Å². The predicted octanol–water partition coefficient (Wildman–Crippen LogP) is 2.30. The zero-order valence-electron chi connectivity index (χ0n) is 6.20. The number of nitriles is 1. The van der Waals surface area contributed by atoms with Crippen LogP contribution in [-0.4, -0.2) is 6.10 Å². The minimum atomic E-state index is -0.275. The minimum absolute atomic E-state index is 0.0614. The van der Waals surface area contributed by atoms with Crippen molar-refractivity contribution in [3.63, 3.8) is 0 Å². The lowest BCUT2D eigenvalue weighted by Gasteiger charge is -1.94. The molecule has 0 bridgehead atoms. The average molecular weight is 180 g/mol. The molecule has 12 heavy (non-hydrogen) atoms. The van der Waals surface area contributed by atoms with E-state index in [9.17, 15) is 0 Å². The van der Waals surface area contributed by atoms with Crippen molar-refractivity contribution in [3.8, 4) is 6.07 Å². The number of rotatable bonds is 1. The fourth-order valence-corrected chi connectivity index (χ4v) is 1.35. The Kier molecular flexibility index (Phi) is 1.76. The van der Waals surface area contributed by atoms with E-state index in [1.807, 2.05) is 24.3 Å². The van der Waals surface area contributed by atoms with Crippen molar-refractivity contribution in [1.29, 1.82) is 5.26 Å². The highest BCUT2D eigenvalue weighted by atomic mass is 35.5. The van der Waals surface area contributed by atoms with E-state index in [4.69, 9.17) is 21.6 Å². The third-order valence-corrected chi connectivity index (χ3v) is 2.03. The van der Waals surface area contributed by atoms with Crippen LogP contribution in [0.1, 0.15) is 11.7 Å². The van der Waals surface area contributed by atoms with Crippen molar-refractivity contribution in [2.24, 2.45) is 0 Å². The first-order valence-corrected chi connectivity index (χ1v) is 3.99. The zero-order chi connectivity index (χ0) is 8.55. The summed E-state index contributed by atoms with van der Waals surface area (Å²) in [7, 11) is 0. The van der Waals surface area contributed by atoms with Crippen molar-refractivity contribution in [1.82, 2.24) is 0 Å². The van der Waals surface area contributed by atoms with Crippen LogP contribution < -0.4 is 0 Å². The van der Waals surface area contributed by atoms with Gasteiger partial charge >= 0.3 is 0 Å². The summed E-state index contributed by atoms with van der Waals surface area (Å²) in [6, 6.07) is 9.43. The molecule has 3 heteroatoms. The third-order valence-electron chi connectivity index (χ3n) is 1.80. The SMILES string of the molecule is N#C[C@H]1O[C@@H]1c1cccc(Cl)c1. The van der Waals surface area contributed by atoms with Gasteiger partial charge < -0.3 is 4.74 Å². The topological polar surface area (TPSA) is 36.3 Å². The van der Waals surface area contributed by atoms with Gasteiger partial charge in [0.25, 0.3) is 0 Å². The molecule has 2 nitrogen and oxygen atoms in total. The molecule has 60 valence electrons. The normalized spacial score (nSPS) is 26.3. The fourth-order valence-electron chi connectivity index (χ4n) is 1.15. The van der Waals surface area contributed by atoms with Crippen LogP contribution in [0.3, 0.4) is 0 Å².